The number of ether oxygens (including phenoxy) is 1. The Kier molecular flexibility index (Phi) is 6.79. The van der Waals surface area contributed by atoms with Crippen molar-refractivity contribution in [1.82, 2.24) is 0 Å². The van der Waals surface area contributed by atoms with E-state index in [-0.39, 0.29) is 5.97 Å². The summed E-state index contributed by atoms with van der Waals surface area (Å²) in [5.74, 6) is -0.372. The smallest absolute Gasteiger partial charge is 0.310 e. The van der Waals surface area contributed by atoms with Gasteiger partial charge in [0.2, 0.25) is 9.85 Å². The van der Waals surface area contributed by atoms with Crippen LogP contribution < -0.4 is 0 Å². The molecule has 4 heteroatoms. The fraction of sp³-hybridized carbons (Fsp3) is 0.900. The van der Waals surface area contributed by atoms with Crippen molar-refractivity contribution in [2.45, 2.75) is 51.5 Å². The maximum absolute atomic E-state index is 12.5. The lowest BCUT2D eigenvalue weighted by Crippen LogP contribution is -2.24. The summed E-state index contributed by atoms with van der Waals surface area (Å²) in [4.78, 5) is 11.3. The Labute approximate surface area is 88.2 Å². The molecule has 0 aliphatic carbocycles. The van der Waals surface area contributed by atoms with Crippen molar-refractivity contribution in [2.24, 2.45) is 0 Å². The van der Waals surface area contributed by atoms with Crippen LogP contribution in [0, 0.1) is 0 Å². The van der Waals surface area contributed by atoms with Crippen LogP contribution >= 0.6 is 0 Å². The van der Waals surface area contributed by atoms with Gasteiger partial charge in [0.25, 0.3) is 0 Å². The van der Waals surface area contributed by atoms with E-state index in [0.29, 0.717) is 6.61 Å². The van der Waals surface area contributed by atoms with Gasteiger partial charge in [-0.05, 0) is 20.3 Å². The molecule has 0 rings (SSSR count). The van der Waals surface area contributed by atoms with Gasteiger partial charge in [0.15, 0.2) is 0 Å². The minimum atomic E-state index is -1.82. The standard InChI is InChI=1S/C10H21FO2Si/c1-4-5-6-7-8-13-9(12)10(2,3)14-11/h4-8,14H2,1-3H3. The van der Waals surface area contributed by atoms with Gasteiger partial charge in [-0.1, -0.05) is 26.2 Å². The molecule has 0 aromatic carbocycles. The number of hydrogen-bond acceptors (Lipinski definition) is 2. The van der Waals surface area contributed by atoms with E-state index < -0.39 is 14.9 Å². The SMILES string of the molecule is CCCCCCOC(=O)C(C)(C)[SiH2]F. The van der Waals surface area contributed by atoms with Crippen LogP contribution in [0.25, 0.3) is 0 Å². The molecular formula is C10H21FO2Si. The second kappa shape index (κ2) is 6.98. The van der Waals surface area contributed by atoms with E-state index in [1.54, 1.807) is 13.8 Å². The molecule has 0 saturated heterocycles. The lowest BCUT2D eigenvalue weighted by Gasteiger charge is -2.17. The number of esters is 1. The largest absolute Gasteiger partial charge is 0.465 e. The van der Waals surface area contributed by atoms with Crippen molar-refractivity contribution in [3.05, 3.63) is 0 Å². The molecule has 0 aromatic rings. The molecule has 0 spiro atoms. The molecule has 0 saturated carbocycles. The summed E-state index contributed by atoms with van der Waals surface area (Å²) in [7, 11) is -1.82. The van der Waals surface area contributed by atoms with Gasteiger partial charge in [-0.15, -0.1) is 0 Å². The van der Waals surface area contributed by atoms with E-state index in [1.807, 2.05) is 0 Å². The molecule has 0 amide bonds. The first-order valence-corrected chi connectivity index (χ1v) is 6.52. The van der Waals surface area contributed by atoms with Gasteiger partial charge in [0.05, 0.1) is 11.6 Å². The van der Waals surface area contributed by atoms with Gasteiger partial charge in [-0.3, -0.25) is 4.79 Å². The molecular weight excluding hydrogens is 199 g/mol. The van der Waals surface area contributed by atoms with E-state index in [1.165, 1.54) is 6.42 Å². The van der Waals surface area contributed by atoms with Crippen LogP contribution in [-0.4, -0.2) is 22.4 Å². The summed E-state index contributed by atoms with van der Waals surface area (Å²) in [6.45, 7) is 5.81. The monoisotopic (exact) mass is 220 g/mol. The maximum atomic E-state index is 12.5. The average Bonchev–Trinajstić information content (AvgIpc) is 2.17. The first-order valence-electron chi connectivity index (χ1n) is 5.27. The van der Waals surface area contributed by atoms with Gasteiger partial charge in [0, 0.05) is 0 Å². The van der Waals surface area contributed by atoms with E-state index >= 15 is 0 Å². The molecule has 0 heterocycles. The van der Waals surface area contributed by atoms with Crippen LogP contribution in [0.3, 0.4) is 0 Å². The summed E-state index contributed by atoms with van der Waals surface area (Å²) >= 11 is 0. The first-order chi connectivity index (χ1) is 6.54. The third-order valence-corrected chi connectivity index (χ3v) is 3.07. The molecule has 0 N–H and O–H groups in total. The lowest BCUT2D eigenvalue weighted by atomic mass is 10.2. The number of halogens is 1. The third-order valence-electron chi connectivity index (χ3n) is 2.12. The molecule has 84 valence electrons. The summed E-state index contributed by atoms with van der Waals surface area (Å²) < 4.78 is 17.5. The highest BCUT2D eigenvalue weighted by Gasteiger charge is 2.30. The van der Waals surface area contributed by atoms with Crippen LogP contribution in [0.2, 0.25) is 5.04 Å². The molecule has 0 bridgehead atoms. The van der Waals surface area contributed by atoms with Crippen LogP contribution in [0.1, 0.15) is 46.5 Å². The molecule has 0 fully saturated rings. The Bertz CT molecular complexity index is 172. The van der Waals surface area contributed by atoms with E-state index in [4.69, 9.17) is 4.74 Å². The predicted octanol–water partition coefficient (Wildman–Crippen LogP) is 2.36. The molecule has 0 aliphatic heterocycles. The predicted molar refractivity (Wildman–Crippen MR) is 58.8 cm³/mol. The zero-order valence-corrected chi connectivity index (χ0v) is 10.9. The molecule has 0 atom stereocenters. The molecule has 2 nitrogen and oxygen atoms in total. The highest BCUT2D eigenvalue weighted by atomic mass is 28.3. The number of carbonyl (C=O) groups is 1. The molecule has 14 heavy (non-hydrogen) atoms. The number of carbonyl (C=O) groups excluding carboxylic acids is 1. The van der Waals surface area contributed by atoms with Crippen molar-refractivity contribution >= 4 is 15.8 Å². The van der Waals surface area contributed by atoms with Crippen molar-refractivity contribution in [1.29, 1.82) is 0 Å². The van der Waals surface area contributed by atoms with E-state index in [2.05, 4.69) is 6.92 Å². The molecule has 0 aromatic heterocycles. The Balaban J connectivity index is 3.54. The van der Waals surface area contributed by atoms with Crippen LogP contribution in [0.15, 0.2) is 0 Å². The molecule has 0 radical (unpaired) electrons. The van der Waals surface area contributed by atoms with Gasteiger partial charge in [-0.25, -0.2) is 0 Å². The maximum Gasteiger partial charge on any atom is 0.310 e. The van der Waals surface area contributed by atoms with Gasteiger partial charge >= 0.3 is 5.97 Å². The number of rotatable bonds is 7. The summed E-state index contributed by atoms with van der Waals surface area (Å²) in [5.41, 5.74) is 0. The quantitative estimate of drug-likeness (QED) is 0.285. The highest BCUT2D eigenvalue weighted by molar-refractivity contribution is 6.39. The molecule has 0 unspecified atom stereocenters. The van der Waals surface area contributed by atoms with E-state index in [0.717, 1.165) is 19.3 Å². The first kappa shape index (κ1) is 13.6. The second-order valence-corrected chi connectivity index (χ2v) is 6.25. The van der Waals surface area contributed by atoms with Crippen molar-refractivity contribution in [3.8, 4) is 0 Å². The normalized spacial score (nSPS) is 12.3. The second-order valence-electron chi connectivity index (χ2n) is 4.21. The lowest BCUT2D eigenvalue weighted by molar-refractivity contribution is -0.146. The Morgan fingerprint density at radius 2 is 2.00 bits per heavy atom. The highest BCUT2D eigenvalue weighted by Crippen LogP contribution is 2.24. The Hall–Kier alpha value is -0.383. The van der Waals surface area contributed by atoms with Crippen molar-refractivity contribution in [2.75, 3.05) is 6.61 Å². The van der Waals surface area contributed by atoms with Crippen LogP contribution in [0.5, 0.6) is 0 Å². The van der Waals surface area contributed by atoms with Crippen LogP contribution in [-0.2, 0) is 9.53 Å². The summed E-state index contributed by atoms with van der Waals surface area (Å²) in [5, 5.41) is -0.843. The van der Waals surface area contributed by atoms with Crippen LogP contribution in [0.4, 0.5) is 4.11 Å². The number of hydrogen-bond donors (Lipinski definition) is 0. The Morgan fingerprint density at radius 3 is 2.50 bits per heavy atom. The summed E-state index contributed by atoms with van der Waals surface area (Å²) in [6.07, 6.45) is 4.30. The minimum Gasteiger partial charge on any atom is -0.465 e. The van der Waals surface area contributed by atoms with Gasteiger partial charge < -0.3 is 8.84 Å². The minimum absolute atomic E-state index is 0.372. The zero-order valence-electron chi connectivity index (χ0n) is 9.44. The zero-order chi connectivity index (χ0) is 11.0. The molecule has 0 aliphatic rings. The van der Waals surface area contributed by atoms with Gasteiger partial charge in [-0.2, -0.15) is 0 Å². The van der Waals surface area contributed by atoms with Gasteiger partial charge in [0.1, 0.15) is 0 Å². The fourth-order valence-electron chi connectivity index (χ4n) is 0.944. The number of unbranched alkanes of at least 4 members (excludes halogenated alkanes) is 3. The van der Waals surface area contributed by atoms with Crippen molar-refractivity contribution in [3.63, 3.8) is 0 Å². The van der Waals surface area contributed by atoms with E-state index in [9.17, 15) is 8.90 Å². The Morgan fingerprint density at radius 1 is 1.36 bits per heavy atom. The summed E-state index contributed by atoms with van der Waals surface area (Å²) in [6, 6.07) is 0. The average molecular weight is 220 g/mol. The fourth-order valence-corrected chi connectivity index (χ4v) is 1.15. The third kappa shape index (κ3) is 5.37. The topological polar surface area (TPSA) is 26.3 Å². The van der Waals surface area contributed by atoms with Crippen molar-refractivity contribution < 1.29 is 13.6 Å².